The lowest BCUT2D eigenvalue weighted by atomic mass is 10.2. The van der Waals surface area contributed by atoms with Crippen molar-refractivity contribution in [2.75, 3.05) is 0 Å². The SMILES string of the molecule is CC1=CCC=C(F)C(F)=C1. The third-order valence-corrected chi connectivity index (χ3v) is 1.32. The van der Waals surface area contributed by atoms with E-state index in [1.807, 2.05) is 0 Å². The fourth-order valence-corrected chi connectivity index (χ4v) is 0.774. The van der Waals surface area contributed by atoms with E-state index in [2.05, 4.69) is 0 Å². The third-order valence-electron chi connectivity index (χ3n) is 1.32. The molecule has 0 unspecified atom stereocenters. The Morgan fingerprint density at radius 2 is 1.90 bits per heavy atom. The Morgan fingerprint density at radius 3 is 2.60 bits per heavy atom. The smallest absolute Gasteiger partial charge is 0.158 e. The maximum Gasteiger partial charge on any atom is 0.158 e. The van der Waals surface area contributed by atoms with E-state index in [1.54, 1.807) is 13.0 Å². The summed E-state index contributed by atoms with van der Waals surface area (Å²) in [6.45, 7) is 1.74. The van der Waals surface area contributed by atoms with Gasteiger partial charge in [0, 0.05) is 0 Å². The van der Waals surface area contributed by atoms with Crippen LogP contribution in [0.3, 0.4) is 0 Å². The van der Waals surface area contributed by atoms with E-state index in [4.69, 9.17) is 0 Å². The molecule has 0 heterocycles. The van der Waals surface area contributed by atoms with Crippen LogP contribution in [-0.4, -0.2) is 0 Å². The maximum atomic E-state index is 12.5. The highest BCUT2D eigenvalue weighted by Gasteiger charge is 2.04. The summed E-state index contributed by atoms with van der Waals surface area (Å²) >= 11 is 0. The van der Waals surface area contributed by atoms with Crippen molar-refractivity contribution in [2.45, 2.75) is 13.3 Å². The van der Waals surface area contributed by atoms with Crippen LogP contribution in [0, 0.1) is 0 Å². The highest BCUT2D eigenvalue weighted by molar-refractivity contribution is 5.31. The average molecular weight is 142 g/mol. The van der Waals surface area contributed by atoms with Gasteiger partial charge in [-0.15, -0.1) is 0 Å². The summed E-state index contributed by atoms with van der Waals surface area (Å²) in [5, 5.41) is 0. The van der Waals surface area contributed by atoms with Crippen LogP contribution >= 0.6 is 0 Å². The number of halogens is 2. The van der Waals surface area contributed by atoms with Crippen molar-refractivity contribution >= 4 is 0 Å². The molecule has 0 aromatic heterocycles. The lowest BCUT2D eigenvalue weighted by Gasteiger charge is -1.88. The van der Waals surface area contributed by atoms with Crippen LogP contribution in [0.15, 0.2) is 35.5 Å². The minimum absolute atomic E-state index is 0.474. The Morgan fingerprint density at radius 1 is 1.20 bits per heavy atom. The monoisotopic (exact) mass is 142 g/mol. The molecule has 1 aliphatic rings. The Kier molecular flexibility index (Phi) is 2.00. The Hall–Kier alpha value is -0.920. The standard InChI is InChI=1S/C8H8F2/c1-6-3-2-4-7(9)8(10)5-6/h3-5H,2H2,1H3. The Labute approximate surface area is 58.6 Å². The molecular formula is C8H8F2. The van der Waals surface area contributed by atoms with Gasteiger partial charge in [-0.3, -0.25) is 0 Å². The lowest BCUT2D eigenvalue weighted by Crippen LogP contribution is -1.72. The van der Waals surface area contributed by atoms with E-state index in [0.29, 0.717) is 6.42 Å². The van der Waals surface area contributed by atoms with Gasteiger partial charge in [0.1, 0.15) is 0 Å². The van der Waals surface area contributed by atoms with Crippen molar-refractivity contribution in [1.29, 1.82) is 0 Å². The molecule has 0 radical (unpaired) electrons. The molecule has 0 nitrogen and oxygen atoms in total. The van der Waals surface area contributed by atoms with Crippen LogP contribution in [0.25, 0.3) is 0 Å². The van der Waals surface area contributed by atoms with Crippen LogP contribution in [-0.2, 0) is 0 Å². The first-order valence-electron chi connectivity index (χ1n) is 3.10. The van der Waals surface area contributed by atoms with E-state index >= 15 is 0 Å². The molecule has 0 saturated carbocycles. The second-order valence-electron chi connectivity index (χ2n) is 2.23. The maximum absolute atomic E-state index is 12.5. The Balaban J connectivity index is 2.92. The number of hydrogen-bond acceptors (Lipinski definition) is 0. The summed E-state index contributed by atoms with van der Waals surface area (Å²) in [5.41, 5.74) is 0.765. The van der Waals surface area contributed by atoms with Gasteiger partial charge in [0.15, 0.2) is 11.7 Å². The minimum atomic E-state index is -0.772. The van der Waals surface area contributed by atoms with Gasteiger partial charge in [-0.25, -0.2) is 8.78 Å². The van der Waals surface area contributed by atoms with Gasteiger partial charge in [-0.2, -0.15) is 0 Å². The summed E-state index contributed by atoms with van der Waals surface area (Å²) < 4.78 is 24.9. The summed E-state index contributed by atoms with van der Waals surface area (Å²) in [5.74, 6) is -1.53. The van der Waals surface area contributed by atoms with Crippen LogP contribution in [0.5, 0.6) is 0 Å². The molecule has 0 aliphatic heterocycles. The van der Waals surface area contributed by atoms with Crippen molar-refractivity contribution in [1.82, 2.24) is 0 Å². The summed E-state index contributed by atoms with van der Waals surface area (Å²) in [6.07, 6.45) is 4.66. The van der Waals surface area contributed by atoms with Gasteiger partial charge in [0.25, 0.3) is 0 Å². The van der Waals surface area contributed by atoms with Gasteiger partial charge in [-0.1, -0.05) is 11.6 Å². The topological polar surface area (TPSA) is 0 Å². The molecule has 0 fully saturated rings. The number of allylic oxidation sites excluding steroid dienone is 6. The zero-order valence-electron chi connectivity index (χ0n) is 5.70. The largest absolute Gasteiger partial charge is 0.204 e. The molecule has 0 spiro atoms. The molecule has 1 aliphatic carbocycles. The van der Waals surface area contributed by atoms with Gasteiger partial charge in [-0.05, 0) is 25.5 Å². The number of hydrogen-bond donors (Lipinski definition) is 0. The molecule has 0 N–H and O–H groups in total. The molecule has 0 bridgehead atoms. The predicted molar refractivity (Wildman–Crippen MR) is 36.8 cm³/mol. The summed E-state index contributed by atoms with van der Waals surface area (Å²) in [7, 11) is 0. The molecule has 0 atom stereocenters. The highest BCUT2D eigenvalue weighted by Crippen LogP contribution is 2.19. The van der Waals surface area contributed by atoms with Crippen molar-refractivity contribution < 1.29 is 8.78 Å². The van der Waals surface area contributed by atoms with Crippen LogP contribution in [0.1, 0.15) is 13.3 Å². The van der Waals surface area contributed by atoms with Gasteiger partial charge < -0.3 is 0 Å². The van der Waals surface area contributed by atoms with Gasteiger partial charge in [0.05, 0.1) is 0 Å². The predicted octanol–water partition coefficient (Wildman–Crippen LogP) is 3.04. The Bertz CT molecular complexity index is 221. The van der Waals surface area contributed by atoms with E-state index in [0.717, 1.165) is 5.57 Å². The zero-order chi connectivity index (χ0) is 7.56. The first kappa shape index (κ1) is 7.19. The average Bonchev–Trinajstić information content (AvgIpc) is 1.96. The van der Waals surface area contributed by atoms with Crippen molar-refractivity contribution in [3.63, 3.8) is 0 Å². The molecule has 54 valence electrons. The first-order valence-corrected chi connectivity index (χ1v) is 3.10. The highest BCUT2D eigenvalue weighted by atomic mass is 19.2. The fourth-order valence-electron chi connectivity index (χ4n) is 0.774. The molecule has 10 heavy (non-hydrogen) atoms. The molecular weight excluding hydrogens is 134 g/mol. The van der Waals surface area contributed by atoms with E-state index in [9.17, 15) is 8.78 Å². The minimum Gasteiger partial charge on any atom is -0.204 e. The molecule has 0 aromatic rings. The van der Waals surface area contributed by atoms with E-state index < -0.39 is 11.7 Å². The quantitative estimate of drug-likeness (QED) is 0.487. The second-order valence-corrected chi connectivity index (χ2v) is 2.23. The molecule has 1 rings (SSSR count). The summed E-state index contributed by atoms with van der Waals surface area (Å²) in [4.78, 5) is 0. The second kappa shape index (κ2) is 2.78. The molecule has 0 amide bonds. The first-order chi connectivity index (χ1) is 4.70. The fraction of sp³-hybridized carbons (Fsp3) is 0.250. The van der Waals surface area contributed by atoms with Crippen molar-refractivity contribution in [3.8, 4) is 0 Å². The van der Waals surface area contributed by atoms with Gasteiger partial charge in [0.2, 0.25) is 0 Å². The summed E-state index contributed by atoms with van der Waals surface area (Å²) in [6, 6.07) is 0. The van der Waals surface area contributed by atoms with Crippen LogP contribution < -0.4 is 0 Å². The van der Waals surface area contributed by atoms with Crippen molar-refractivity contribution in [2.24, 2.45) is 0 Å². The van der Waals surface area contributed by atoms with E-state index in [-0.39, 0.29) is 0 Å². The molecule has 0 aromatic carbocycles. The molecule has 0 saturated heterocycles. The lowest BCUT2D eigenvalue weighted by molar-refractivity contribution is 0.543. The van der Waals surface area contributed by atoms with E-state index in [1.165, 1.54) is 12.2 Å². The third kappa shape index (κ3) is 1.53. The molecule has 2 heteroatoms. The zero-order valence-corrected chi connectivity index (χ0v) is 5.70. The number of rotatable bonds is 0. The van der Waals surface area contributed by atoms with Crippen LogP contribution in [0.2, 0.25) is 0 Å². The van der Waals surface area contributed by atoms with Gasteiger partial charge >= 0.3 is 0 Å². The normalized spacial score (nSPS) is 18.9. The van der Waals surface area contributed by atoms with Crippen LogP contribution in [0.4, 0.5) is 8.78 Å². The van der Waals surface area contributed by atoms with Crippen molar-refractivity contribution in [3.05, 3.63) is 35.5 Å².